The lowest BCUT2D eigenvalue weighted by Gasteiger charge is -2.24. The maximum absolute atomic E-state index is 13.4. The number of aliphatic hydroxyl groups is 2. The quantitative estimate of drug-likeness (QED) is 0.489. The van der Waals surface area contributed by atoms with Crippen LogP contribution in [0.25, 0.3) is 0 Å². The largest absolute Gasteiger partial charge is 0.493 e. The van der Waals surface area contributed by atoms with Crippen LogP contribution in [0.15, 0.2) is 48.5 Å². The molecule has 2 rings (SSSR count). The molecule has 0 aromatic heterocycles. The Morgan fingerprint density at radius 3 is 2.25 bits per heavy atom. The number of nitrogens with two attached hydrogens (primary N) is 1. The number of alkyl halides is 2. The molecular weight excluding hydrogens is 388 g/mol. The van der Waals surface area contributed by atoms with E-state index in [4.69, 9.17) is 10.5 Å². The fraction of sp³-hybridized carbons (Fsp3) is 0.429. The Bertz CT molecular complexity index is 697. The summed E-state index contributed by atoms with van der Waals surface area (Å²) in [6.07, 6.45) is -0.417. The molecule has 0 heterocycles. The molecule has 2 aromatic rings. The first-order valence-corrected chi connectivity index (χ1v) is 9.06. The average Bonchev–Trinajstić information content (AvgIpc) is 2.70. The van der Waals surface area contributed by atoms with E-state index in [9.17, 15) is 19.0 Å². The minimum absolute atomic E-state index is 0. The zero-order valence-electron chi connectivity index (χ0n) is 15.7. The van der Waals surface area contributed by atoms with Crippen LogP contribution in [-0.2, 0) is 12.8 Å². The number of hydrogen-bond acceptors (Lipinski definition) is 4. The molecule has 0 fully saturated rings. The normalized spacial score (nSPS) is 11.4. The molecule has 0 radical (unpaired) electrons. The van der Waals surface area contributed by atoms with Gasteiger partial charge in [0.15, 0.2) is 0 Å². The molecule has 156 valence electrons. The van der Waals surface area contributed by atoms with Crippen LogP contribution in [0.3, 0.4) is 0 Å². The summed E-state index contributed by atoms with van der Waals surface area (Å²) in [7, 11) is 0. The van der Waals surface area contributed by atoms with Gasteiger partial charge in [-0.25, -0.2) is 8.78 Å². The zero-order chi connectivity index (χ0) is 19.7. The summed E-state index contributed by atoms with van der Waals surface area (Å²) in [5.41, 5.74) is 6.41. The van der Waals surface area contributed by atoms with Crippen LogP contribution < -0.4 is 10.5 Å². The van der Waals surface area contributed by atoms with Gasteiger partial charge in [0.25, 0.3) is 6.43 Å². The van der Waals surface area contributed by atoms with E-state index in [1.807, 2.05) is 30.3 Å². The molecule has 7 heteroatoms. The molecule has 0 amide bonds. The third-order valence-electron chi connectivity index (χ3n) is 4.56. The van der Waals surface area contributed by atoms with Crippen molar-refractivity contribution in [3.05, 3.63) is 65.2 Å². The minimum Gasteiger partial charge on any atom is -0.493 e. The van der Waals surface area contributed by atoms with Gasteiger partial charge >= 0.3 is 0 Å². The standard InChI is InChI=1S/C21H27F2NO3.ClH/c22-20(23)18-13-17(10-11-21(24,14-25)15-26)8-9-19(18)27-12-4-7-16-5-2-1-3-6-16;/h1-3,5-6,8-9,13,20,25-26H,4,7,10-12,14-15,24H2;1H. The molecule has 0 aliphatic carbocycles. The highest BCUT2D eigenvalue weighted by atomic mass is 35.5. The second kappa shape index (κ2) is 12.0. The van der Waals surface area contributed by atoms with Crippen LogP contribution in [-0.4, -0.2) is 35.6 Å². The maximum atomic E-state index is 13.4. The Balaban J connectivity index is 0.00000392. The van der Waals surface area contributed by atoms with Gasteiger partial charge in [0.2, 0.25) is 0 Å². The monoisotopic (exact) mass is 415 g/mol. The Morgan fingerprint density at radius 2 is 1.64 bits per heavy atom. The van der Waals surface area contributed by atoms with Crippen LogP contribution in [0.2, 0.25) is 0 Å². The molecule has 4 N–H and O–H groups in total. The van der Waals surface area contributed by atoms with Crippen LogP contribution in [0.4, 0.5) is 8.78 Å². The molecule has 0 saturated heterocycles. The minimum atomic E-state index is -2.65. The topological polar surface area (TPSA) is 75.7 Å². The van der Waals surface area contributed by atoms with Gasteiger partial charge in [-0.2, -0.15) is 0 Å². The number of benzene rings is 2. The highest BCUT2D eigenvalue weighted by Crippen LogP contribution is 2.31. The molecule has 0 spiro atoms. The van der Waals surface area contributed by atoms with Crippen LogP contribution in [0, 0.1) is 0 Å². The van der Waals surface area contributed by atoms with Crippen LogP contribution >= 0.6 is 12.4 Å². The van der Waals surface area contributed by atoms with Crippen molar-refractivity contribution in [2.75, 3.05) is 19.8 Å². The van der Waals surface area contributed by atoms with Gasteiger partial charge in [0.05, 0.1) is 30.9 Å². The first-order valence-electron chi connectivity index (χ1n) is 9.06. The molecule has 28 heavy (non-hydrogen) atoms. The highest BCUT2D eigenvalue weighted by molar-refractivity contribution is 5.85. The molecule has 0 bridgehead atoms. The van der Waals surface area contributed by atoms with Gasteiger partial charge in [-0.3, -0.25) is 0 Å². The Hall–Kier alpha value is -1.73. The molecule has 0 atom stereocenters. The molecule has 0 saturated carbocycles. The summed E-state index contributed by atoms with van der Waals surface area (Å²) in [6, 6.07) is 14.6. The van der Waals surface area contributed by atoms with Crippen molar-refractivity contribution in [2.45, 2.75) is 37.6 Å². The second-order valence-corrected chi connectivity index (χ2v) is 6.79. The lowest BCUT2D eigenvalue weighted by atomic mass is 9.93. The van der Waals surface area contributed by atoms with Gasteiger partial charge in [0, 0.05) is 0 Å². The zero-order valence-corrected chi connectivity index (χ0v) is 16.5. The molecular formula is C21H28ClF2NO3. The molecule has 0 unspecified atom stereocenters. The van der Waals surface area contributed by atoms with Crippen LogP contribution in [0.5, 0.6) is 5.75 Å². The van der Waals surface area contributed by atoms with Gasteiger partial charge in [0.1, 0.15) is 5.75 Å². The summed E-state index contributed by atoms with van der Waals surface area (Å²) in [4.78, 5) is 0. The summed E-state index contributed by atoms with van der Waals surface area (Å²) < 4.78 is 32.4. The number of aryl methyl sites for hydroxylation is 2. The smallest absolute Gasteiger partial charge is 0.267 e. The third-order valence-corrected chi connectivity index (χ3v) is 4.56. The van der Waals surface area contributed by atoms with E-state index in [2.05, 4.69) is 0 Å². The molecule has 0 aliphatic heterocycles. The maximum Gasteiger partial charge on any atom is 0.267 e. The fourth-order valence-electron chi connectivity index (χ4n) is 2.76. The van der Waals surface area contributed by atoms with Crippen molar-refractivity contribution in [3.8, 4) is 5.75 Å². The van der Waals surface area contributed by atoms with Crippen molar-refractivity contribution < 1.29 is 23.7 Å². The van der Waals surface area contributed by atoms with Crippen molar-refractivity contribution in [1.82, 2.24) is 0 Å². The Labute approximate surface area is 170 Å². The first-order chi connectivity index (χ1) is 13.0. The second-order valence-electron chi connectivity index (χ2n) is 6.79. The summed E-state index contributed by atoms with van der Waals surface area (Å²) in [5.74, 6) is 0.185. The number of aliphatic hydroxyl groups excluding tert-OH is 2. The van der Waals surface area contributed by atoms with E-state index in [0.29, 0.717) is 25.0 Å². The van der Waals surface area contributed by atoms with Gasteiger partial charge in [-0.05, 0) is 48.9 Å². The summed E-state index contributed by atoms with van der Waals surface area (Å²) in [6.45, 7) is -0.378. The number of rotatable bonds is 11. The molecule has 0 aliphatic rings. The highest BCUT2D eigenvalue weighted by Gasteiger charge is 2.23. The predicted molar refractivity (Wildman–Crippen MR) is 108 cm³/mol. The van der Waals surface area contributed by atoms with Crippen molar-refractivity contribution in [2.24, 2.45) is 5.73 Å². The molecule has 2 aromatic carbocycles. The van der Waals surface area contributed by atoms with Gasteiger partial charge < -0.3 is 20.7 Å². The Kier molecular flexibility index (Phi) is 10.4. The van der Waals surface area contributed by atoms with E-state index >= 15 is 0 Å². The predicted octanol–water partition coefficient (Wildman–Crippen LogP) is 3.67. The number of hydrogen-bond donors (Lipinski definition) is 3. The van der Waals surface area contributed by atoms with Gasteiger partial charge in [-0.15, -0.1) is 12.4 Å². The number of ether oxygens (including phenoxy) is 1. The lowest BCUT2D eigenvalue weighted by molar-refractivity contribution is 0.114. The van der Waals surface area contributed by atoms with Crippen molar-refractivity contribution in [1.29, 1.82) is 0 Å². The summed E-state index contributed by atoms with van der Waals surface area (Å²) in [5, 5.41) is 18.5. The first kappa shape index (κ1) is 24.3. The van der Waals surface area contributed by atoms with E-state index in [1.54, 1.807) is 12.1 Å². The van der Waals surface area contributed by atoms with E-state index in [0.717, 1.165) is 12.8 Å². The molecule has 4 nitrogen and oxygen atoms in total. The number of halogens is 3. The van der Waals surface area contributed by atoms with Crippen LogP contribution in [0.1, 0.15) is 36.0 Å². The van der Waals surface area contributed by atoms with E-state index in [-0.39, 0.29) is 36.9 Å². The summed E-state index contributed by atoms with van der Waals surface area (Å²) >= 11 is 0. The fourth-order valence-corrected chi connectivity index (χ4v) is 2.76. The van der Waals surface area contributed by atoms with Gasteiger partial charge in [-0.1, -0.05) is 36.4 Å². The van der Waals surface area contributed by atoms with E-state index in [1.165, 1.54) is 11.6 Å². The average molecular weight is 416 g/mol. The Morgan fingerprint density at radius 1 is 0.964 bits per heavy atom. The third kappa shape index (κ3) is 7.36. The lowest BCUT2D eigenvalue weighted by Crippen LogP contribution is -2.47. The van der Waals surface area contributed by atoms with E-state index < -0.39 is 12.0 Å². The van der Waals surface area contributed by atoms with Crippen molar-refractivity contribution >= 4 is 12.4 Å². The van der Waals surface area contributed by atoms with Crippen molar-refractivity contribution in [3.63, 3.8) is 0 Å². The SMILES string of the molecule is Cl.NC(CO)(CO)CCc1ccc(OCCCc2ccccc2)c(C(F)F)c1.